The van der Waals surface area contributed by atoms with Crippen LogP contribution in [-0.2, 0) is 6.54 Å². The van der Waals surface area contributed by atoms with E-state index in [-0.39, 0.29) is 6.04 Å². The first-order valence-corrected chi connectivity index (χ1v) is 9.82. The fraction of sp³-hybridized carbons (Fsp3) is 0.208. The molecule has 5 nitrogen and oxygen atoms in total. The molecule has 0 spiro atoms. The molecular formula is C24H25N5. The SMILES string of the molecule is Cc1ccc(C)c(-n2cc(CNC(C)c3ccncn3)c(-c3ccccc3)n2)c1. The summed E-state index contributed by atoms with van der Waals surface area (Å²) < 4.78 is 2.00. The lowest BCUT2D eigenvalue weighted by molar-refractivity contribution is 0.560. The smallest absolute Gasteiger partial charge is 0.115 e. The minimum absolute atomic E-state index is 0.116. The number of hydrogen-bond donors (Lipinski definition) is 1. The van der Waals surface area contributed by atoms with E-state index in [4.69, 9.17) is 5.10 Å². The van der Waals surface area contributed by atoms with Crippen LogP contribution in [0, 0.1) is 13.8 Å². The van der Waals surface area contributed by atoms with Crippen LogP contribution in [0.5, 0.6) is 0 Å². The molecule has 29 heavy (non-hydrogen) atoms. The average molecular weight is 383 g/mol. The van der Waals surface area contributed by atoms with Crippen molar-refractivity contribution in [1.82, 2.24) is 25.1 Å². The molecule has 0 radical (unpaired) electrons. The van der Waals surface area contributed by atoms with Gasteiger partial charge in [-0.1, -0.05) is 42.5 Å². The first kappa shape index (κ1) is 19.0. The zero-order valence-corrected chi connectivity index (χ0v) is 17.0. The van der Waals surface area contributed by atoms with Crippen molar-refractivity contribution in [3.63, 3.8) is 0 Å². The van der Waals surface area contributed by atoms with Crippen LogP contribution in [0.3, 0.4) is 0 Å². The summed E-state index contributed by atoms with van der Waals surface area (Å²) in [5.41, 5.74) is 7.77. The first-order chi connectivity index (χ1) is 14.1. The van der Waals surface area contributed by atoms with Gasteiger partial charge in [0.15, 0.2) is 0 Å². The summed E-state index contributed by atoms with van der Waals surface area (Å²) in [6, 6.07) is 18.8. The lowest BCUT2D eigenvalue weighted by atomic mass is 10.1. The van der Waals surface area contributed by atoms with Gasteiger partial charge in [0.05, 0.1) is 17.1 Å². The van der Waals surface area contributed by atoms with E-state index in [0.29, 0.717) is 6.54 Å². The molecule has 0 fully saturated rings. The van der Waals surface area contributed by atoms with E-state index >= 15 is 0 Å². The molecule has 4 aromatic rings. The third-order valence-electron chi connectivity index (χ3n) is 5.10. The number of aromatic nitrogens is 4. The Morgan fingerprint density at radius 1 is 1.03 bits per heavy atom. The van der Waals surface area contributed by atoms with Crippen molar-refractivity contribution in [2.75, 3.05) is 0 Å². The largest absolute Gasteiger partial charge is 0.305 e. The van der Waals surface area contributed by atoms with Gasteiger partial charge in [0.1, 0.15) is 6.33 Å². The maximum absolute atomic E-state index is 4.95. The molecule has 0 saturated heterocycles. The Hall–Kier alpha value is -3.31. The molecular weight excluding hydrogens is 358 g/mol. The second kappa shape index (κ2) is 8.37. The van der Waals surface area contributed by atoms with E-state index in [1.165, 1.54) is 11.1 Å². The van der Waals surface area contributed by atoms with Crippen molar-refractivity contribution in [3.8, 4) is 16.9 Å². The van der Waals surface area contributed by atoms with Gasteiger partial charge in [-0.2, -0.15) is 5.10 Å². The predicted octanol–water partition coefficient (Wildman–Crippen LogP) is 4.80. The summed E-state index contributed by atoms with van der Waals surface area (Å²) in [5, 5.41) is 8.53. The van der Waals surface area contributed by atoms with Crippen LogP contribution in [0.25, 0.3) is 16.9 Å². The molecule has 0 aliphatic rings. The van der Waals surface area contributed by atoms with Crippen LogP contribution < -0.4 is 5.32 Å². The van der Waals surface area contributed by atoms with E-state index in [9.17, 15) is 0 Å². The van der Waals surface area contributed by atoms with Gasteiger partial charge in [0, 0.05) is 36.1 Å². The molecule has 0 bridgehead atoms. The van der Waals surface area contributed by atoms with Crippen molar-refractivity contribution in [3.05, 3.63) is 95.7 Å². The van der Waals surface area contributed by atoms with Crippen molar-refractivity contribution in [2.24, 2.45) is 0 Å². The Balaban J connectivity index is 1.68. The molecule has 1 N–H and O–H groups in total. The summed E-state index contributed by atoms with van der Waals surface area (Å²) in [6.45, 7) is 7.03. The molecule has 5 heteroatoms. The van der Waals surface area contributed by atoms with Gasteiger partial charge in [-0.05, 0) is 44.0 Å². The highest BCUT2D eigenvalue weighted by Crippen LogP contribution is 2.25. The highest BCUT2D eigenvalue weighted by molar-refractivity contribution is 5.63. The monoisotopic (exact) mass is 383 g/mol. The molecule has 0 aliphatic carbocycles. The minimum atomic E-state index is 0.116. The van der Waals surface area contributed by atoms with Crippen LogP contribution in [0.15, 0.2) is 73.3 Å². The second-order valence-electron chi connectivity index (χ2n) is 7.34. The Bertz CT molecular complexity index is 1090. The quantitative estimate of drug-likeness (QED) is 0.520. The maximum atomic E-state index is 4.95. The van der Waals surface area contributed by atoms with Crippen LogP contribution in [0.1, 0.15) is 35.3 Å². The molecule has 2 heterocycles. The van der Waals surface area contributed by atoms with Crippen LogP contribution >= 0.6 is 0 Å². The molecule has 2 aromatic heterocycles. The van der Waals surface area contributed by atoms with Gasteiger partial charge in [0.25, 0.3) is 0 Å². The van der Waals surface area contributed by atoms with Crippen molar-refractivity contribution < 1.29 is 0 Å². The van der Waals surface area contributed by atoms with Crippen molar-refractivity contribution in [1.29, 1.82) is 0 Å². The topological polar surface area (TPSA) is 55.6 Å². The standard InChI is InChI=1S/C24H25N5/c1-17-9-10-18(2)23(13-17)29-15-21(24(28-29)20-7-5-4-6-8-20)14-26-19(3)22-11-12-25-16-27-22/h4-13,15-16,19,26H,14H2,1-3H3. The highest BCUT2D eigenvalue weighted by atomic mass is 15.3. The van der Waals surface area contributed by atoms with Gasteiger partial charge >= 0.3 is 0 Å². The van der Waals surface area contributed by atoms with Gasteiger partial charge in [-0.15, -0.1) is 0 Å². The molecule has 0 aliphatic heterocycles. The van der Waals surface area contributed by atoms with E-state index in [1.54, 1.807) is 12.5 Å². The maximum Gasteiger partial charge on any atom is 0.115 e. The van der Waals surface area contributed by atoms with E-state index < -0.39 is 0 Å². The number of benzene rings is 2. The average Bonchev–Trinajstić information content (AvgIpc) is 3.19. The van der Waals surface area contributed by atoms with Gasteiger partial charge in [0.2, 0.25) is 0 Å². The first-order valence-electron chi connectivity index (χ1n) is 9.82. The molecule has 1 atom stereocenters. The summed E-state index contributed by atoms with van der Waals surface area (Å²) in [7, 11) is 0. The third-order valence-corrected chi connectivity index (χ3v) is 5.10. The van der Waals surface area contributed by atoms with Crippen molar-refractivity contribution in [2.45, 2.75) is 33.4 Å². The number of hydrogen-bond acceptors (Lipinski definition) is 4. The zero-order chi connectivity index (χ0) is 20.2. The fourth-order valence-corrected chi connectivity index (χ4v) is 3.39. The van der Waals surface area contributed by atoms with Gasteiger partial charge < -0.3 is 5.32 Å². The Labute approximate surface area is 171 Å². The van der Waals surface area contributed by atoms with E-state index in [2.05, 4.69) is 72.6 Å². The molecule has 2 aromatic carbocycles. The number of aryl methyl sites for hydroxylation is 2. The van der Waals surface area contributed by atoms with Gasteiger partial charge in [-0.25, -0.2) is 14.6 Å². The number of rotatable bonds is 6. The molecule has 146 valence electrons. The fourth-order valence-electron chi connectivity index (χ4n) is 3.39. The van der Waals surface area contributed by atoms with Crippen LogP contribution in [-0.4, -0.2) is 19.7 Å². The molecule has 0 saturated carbocycles. The third kappa shape index (κ3) is 4.25. The number of nitrogens with zero attached hydrogens (tertiary/aromatic N) is 4. The highest BCUT2D eigenvalue weighted by Gasteiger charge is 2.15. The van der Waals surface area contributed by atoms with Crippen molar-refractivity contribution >= 4 is 0 Å². The Morgan fingerprint density at radius 2 is 1.86 bits per heavy atom. The zero-order valence-electron chi connectivity index (χ0n) is 17.0. The minimum Gasteiger partial charge on any atom is -0.305 e. The number of nitrogens with one attached hydrogen (secondary N) is 1. The van der Waals surface area contributed by atoms with Gasteiger partial charge in [-0.3, -0.25) is 0 Å². The van der Waals surface area contributed by atoms with E-state index in [0.717, 1.165) is 28.2 Å². The summed E-state index contributed by atoms with van der Waals surface area (Å²) in [5.74, 6) is 0. The summed E-state index contributed by atoms with van der Waals surface area (Å²) in [6.07, 6.45) is 5.49. The molecule has 0 amide bonds. The normalized spacial score (nSPS) is 12.1. The lowest BCUT2D eigenvalue weighted by Crippen LogP contribution is -2.19. The van der Waals surface area contributed by atoms with Crippen LogP contribution in [0.2, 0.25) is 0 Å². The molecule has 4 rings (SSSR count). The summed E-state index contributed by atoms with van der Waals surface area (Å²) >= 11 is 0. The molecule has 1 unspecified atom stereocenters. The predicted molar refractivity (Wildman–Crippen MR) is 116 cm³/mol. The van der Waals surface area contributed by atoms with E-state index in [1.807, 2.05) is 28.9 Å². The van der Waals surface area contributed by atoms with Crippen LogP contribution in [0.4, 0.5) is 0 Å². The lowest BCUT2D eigenvalue weighted by Gasteiger charge is -2.12. The Kier molecular flexibility index (Phi) is 5.49. The summed E-state index contributed by atoms with van der Waals surface area (Å²) in [4.78, 5) is 8.35. The second-order valence-corrected chi connectivity index (χ2v) is 7.34. The Morgan fingerprint density at radius 3 is 2.62 bits per heavy atom.